The SMILES string of the molecule is CCCCCCCCC=CC(N)C(=O)CC(O)O. The summed E-state index contributed by atoms with van der Waals surface area (Å²) in [5, 5.41) is 17.3. The maximum atomic E-state index is 11.3. The lowest BCUT2D eigenvalue weighted by Crippen LogP contribution is -2.30. The first kappa shape index (κ1) is 17.3. The molecule has 0 aliphatic rings. The molecule has 0 heterocycles. The minimum atomic E-state index is -1.60. The minimum absolute atomic E-state index is 0.303. The second-order valence-electron chi connectivity index (χ2n) is 4.66. The molecule has 106 valence electrons. The highest BCUT2D eigenvalue weighted by molar-refractivity contribution is 5.85. The summed E-state index contributed by atoms with van der Waals surface area (Å²) < 4.78 is 0. The maximum Gasteiger partial charge on any atom is 0.158 e. The van der Waals surface area contributed by atoms with Crippen LogP contribution in [0.25, 0.3) is 0 Å². The van der Waals surface area contributed by atoms with E-state index in [0.717, 1.165) is 12.8 Å². The third-order valence-corrected chi connectivity index (χ3v) is 2.82. The molecule has 0 saturated carbocycles. The monoisotopic (exact) mass is 257 g/mol. The first-order chi connectivity index (χ1) is 8.57. The fourth-order valence-electron chi connectivity index (χ4n) is 1.71. The third-order valence-electron chi connectivity index (χ3n) is 2.82. The lowest BCUT2D eigenvalue weighted by molar-refractivity contribution is -0.127. The molecule has 1 unspecified atom stereocenters. The smallest absolute Gasteiger partial charge is 0.158 e. The number of unbranched alkanes of at least 4 members (excludes halogenated alkanes) is 6. The van der Waals surface area contributed by atoms with Crippen molar-refractivity contribution in [2.75, 3.05) is 0 Å². The molecule has 0 aliphatic carbocycles. The van der Waals surface area contributed by atoms with E-state index in [2.05, 4.69) is 6.92 Å². The molecule has 4 nitrogen and oxygen atoms in total. The van der Waals surface area contributed by atoms with E-state index in [0.29, 0.717) is 0 Å². The molecule has 0 bridgehead atoms. The molecule has 0 radical (unpaired) electrons. The van der Waals surface area contributed by atoms with Gasteiger partial charge in [-0.3, -0.25) is 4.79 Å². The van der Waals surface area contributed by atoms with Crippen molar-refractivity contribution in [1.82, 2.24) is 0 Å². The molecule has 0 fully saturated rings. The highest BCUT2D eigenvalue weighted by atomic mass is 16.5. The molecule has 4 N–H and O–H groups in total. The van der Waals surface area contributed by atoms with Gasteiger partial charge < -0.3 is 15.9 Å². The molecule has 0 aliphatic heterocycles. The zero-order valence-electron chi connectivity index (χ0n) is 11.3. The zero-order valence-corrected chi connectivity index (χ0v) is 11.3. The summed E-state index contributed by atoms with van der Waals surface area (Å²) in [5.74, 6) is -0.343. The second kappa shape index (κ2) is 11.4. The Labute approximate surface area is 110 Å². The van der Waals surface area contributed by atoms with Crippen LogP contribution in [0.15, 0.2) is 12.2 Å². The van der Waals surface area contributed by atoms with Crippen molar-refractivity contribution >= 4 is 5.78 Å². The Balaban J connectivity index is 3.54. The van der Waals surface area contributed by atoms with Gasteiger partial charge in [-0.15, -0.1) is 0 Å². The number of Topliss-reactive ketones (excluding diaryl/α,β-unsaturated/α-hetero) is 1. The van der Waals surface area contributed by atoms with Crippen molar-refractivity contribution in [3.63, 3.8) is 0 Å². The lowest BCUT2D eigenvalue weighted by atomic mass is 10.1. The number of nitrogens with two attached hydrogens (primary N) is 1. The van der Waals surface area contributed by atoms with Crippen molar-refractivity contribution in [3.8, 4) is 0 Å². The normalized spacial score (nSPS) is 13.4. The van der Waals surface area contributed by atoms with Gasteiger partial charge in [0.25, 0.3) is 0 Å². The van der Waals surface area contributed by atoms with Gasteiger partial charge in [-0.05, 0) is 12.8 Å². The number of hydrogen-bond donors (Lipinski definition) is 3. The predicted molar refractivity (Wildman–Crippen MR) is 73.0 cm³/mol. The van der Waals surface area contributed by atoms with Crippen LogP contribution in [0, 0.1) is 0 Å². The number of ketones is 1. The summed E-state index contributed by atoms with van der Waals surface area (Å²) in [5.41, 5.74) is 5.59. The van der Waals surface area contributed by atoms with Crippen LogP contribution >= 0.6 is 0 Å². The van der Waals surface area contributed by atoms with Crippen LogP contribution in [0.1, 0.15) is 58.3 Å². The highest BCUT2D eigenvalue weighted by Crippen LogP contribution is 2.07. The molecule has 0 aromatic heterocycles. The fourth-order valence-corrected chi connectivity index (χ4v) is 1.71. The van der Waals surface area contributed by atoms with Gasteiger partial charge in [0.15, 0.2) is 12.1 Å². The first-order valence-electron chi connectivity index (χ1n) is 6.89. The molecule has 0 spiro atoms. The highest BCUT2D eigenvalue weighted by Gasteiger charge is 2.13. The van der Waals surface area contributed by atoms with E-state index in [-0.39, 0.29) is 12.2 Å². The molecular formula is C14H27NO3. The Hall–Kier alpha value is -0.710. The molecule has 4 heteroatoms. The molecule has 0 rings (SSSR count). The average molecular weight is 257 g/mol. The molecule has 0 amide bonds. The summed E-state index contributed by atoms with van der Waals surface area (Å²) >= 11 is 0. The van der Waals surface area contributed by atoms with Crippen molar-refractivity contribution in [2.45, 2.75) is 70.6 Å². The van der Waals surface area contributed by atoms with Crippen LogP contribution in [-0.2, 0) is 4.79 Å². The van der Waals surface area contributed by atoms with Crippen molar-refractivity contribution in [3.05, 3.63) is 12.2 Å². The van der Waals surface area contributed by atoms with Gasteiger partial charge in [0, 0.05) is 0 Å². The van der Waals surface area contributed by atoms with Crippen molar-refractivity contribution in [2.24, 2.45) is 5.73 Å². The zero-order chi connectivity index (χ0) is 13.8. The third kappa shape index (κ3) is 10.4. The number of carbonyl (C=O) groups is 1. The van der Waals surface area contributed by atoms with Gasteiger partial charge in [-0.25, -0.2) is 0 Å². The van der Waals surface area contributed by atoms with E-state index < -0.39 is 12.3 Å². The summed E-state index contributed by atoms with van der Waals surface area (Å²) in [7, 11) is 0. The first-order valence-corrected chi connectivity index (χ1v) is 6.89. The summed E-state index contributed by atoms with van der Waals surface area (Å²) in [6.07, 6.45) is 10.0. The Morgan fingerprint density at radius 1 is 1.17 bits per heavy atom. The number of aliphatic hydroxyl groups excluding tert-OH is 1. The number of aliphatic hydroxyl groups is 2. The Morgan fingerprint density at radius 2 is 1.78 bits per heavy atom. The summed E-state index contributed by atoms with van der Waals surface area (Å²) in [4.78, 5) is 11.3. The van der Waals surface area contributed by atoms with E-state index in [1.165, 1.54) is 32.1 Å². The predicted octanol–water partition coefficient (Wildman–Crippen LogP) is 1.89. The van der Waals surface area contributed by atoms with Gasteiger partial charge in [0.2, 0.25) is 0 Å². The van der Waals surface area contributed by atoms with Crippen LogP contribution in [0.3, 0.4) is 0 Å². The summed E-state index contributed by atoms with van der Waals surface area (Å²) in [6.45, 7) is 2.20. The largest absolute Gasteiger partial charge is 0.368 e. The van der Waals surface area contributed by atoms with Crippen LogP contribution in [-0.4, -0.2) is 28.3 Å². The summed E-state index contributed by atoms with van der Waals surface area (Å²) in [6, 6.07) is -0.716. The van der Waals surface area contributed by atoms with E-state index in [1.807, 2.05) is 6.08 Å². The number of rotatable bonds is 11. The molecular weight excluding hydrogens is 230 g/mol. The minimum Gasteiger partial charge on any atom is -0.368 e. The maximum absolute atomic E-state index is 11.3. The molecule has 0 aromatic rings. The standard InChI is InChI=1S/C14H27NO3/c1-2-3-4-5-6-7-8-9-10-12(15)13(16)11-14(17)18/h9-10,12,14,17-18H,2-8,11,15H2,1H3. The molecule has 0 aromatic carbocycles. The molecule has 0 saturated heterocycles. The van der Waals surface area contributed by atoms with Gasteiger partial charge >= 0.3 is 0 Å². The van der Waals surface area contributed by atoms with Gasteiger partial charge in [-0.1, -0.05) is 51.2 Å². The second-order valence-corrected chi connectivity index (χ2v) is 4.66. The van der Waals surface area contributed by atoms with Gasteiger partial charge in [0.05, 0.1) is 12.5 Å². The van der Waals surface area contributed by atoms with Crippen LogP contribution in [0.5, 0.6) is 0 Å². The Bertz CT molecular complexity index is 239. The van der Waals surface area contributed by atoms with Gasteiger partial charge in [-0.2, -0.15) is 0 Å². The van der Waals surface area contributed by atoms with E-state index >= 15 is 0 Å². The average Bonchev–Trinajstić information content (AvgIpc) is 2.31. The topological polar surface area (TPSA) is 83.6 Å². The van der Waals surface area contributed by atoms with Crippen molar-refractivity contribution in [1.29, 1.82) is 0 Å². The Morgan fingerprint density at radius 3 is 2.39 bits per heavy atom. The number of carbonyl (C=O) groups excluding carboxylic acids is 1. The molecule has 18 heavy (non-hydrogen) atoms. The number of allylic oxidation sites excluding steroid dienone is 1. The van der Waals surface area contributed by atoms with Crippen LogP contribution < -0.4 is 5.73 Å². The fraction of sp³-hybridized carbons (Fsp3) is 0.786. The van der Waals surface area contributed by atoms with E-state index in [1.54, 1.807) is 6.08 Å². The Kier molecular flexibility index (Phi) is 10.9. The van der Waals surface area contributed by atoms with Crippen LogP contribution in [0.2, 0.25) is 0 Å². The quantitative estimate of drug-likeness (QED) is 0.300. The van der Waals surface area contributed by atoms with Crippen molar-refractivity contribution < 1.29 is 15.0 Å². The van der Waals surface area contributed by atoms with Gasteiger partial charge in [0.1, 0.15) is 0 Å². The lowest BCUT2D eigenvalue weighted by Gasteiger charge is -2.06. The molecule has 1 atom stereocenters. The number of hydrogen-bond acceptors (Lipinski definition) is 4. The van der Waals surface area contributed by atoms with E-state index in [4.69, 9.17) is 15.9 Å². The van der Waals surface area contributed by atoms with E-state index in [9.17, 15) is 4.79 Å². The van der Waals surface area contributed by atoms with Crippen LogP contribution in [0.4, 0.5) is 0 Å².